The number of carboxylic acid groups (broad SMARTS) is 1. The molecule has 1 atom stereocenters. The minimum Gasteiger partial charge on any atom is -0.479 e. The van der Waals surface area contributed by atoms with Gasteiger partial charge in [-0.3, -0.25) is 0 Å². The lowest BCUT2D eigenvalue weighted by Crippen LogP contribution is -2.56. The van der Waals surface area contributed by atoms with Crippen molar-refractivity contribution in [1.82, 2.24) is 0 Å². The lowest BCUT2D eigenvalue weighted by Gasteiger charge is -2.28. The van der Waals surface area contributed by atoms with Gasteiger partial charge in [-0.15, -0.1) is 0 Å². The summed E-state index contributed by atoms with van der Waals surface area (Å²) in [6.07, 6.45) is -5.22. The molecule has 1 rings (SSSR count). The van der Waals surface area contributed by atoms with E-state index in [4.69, 9.17) is 10.8 Å². The van der Waals surface area contributed by atoms with Crippen molar-refractivity contribution in [2.45, 2.75) is 18.6 Å². The third-order valence-electron chi connectivity index (χ3n) is 2.28. The molecule has 0 amide bonds. The topological polar surface area (TPSA) is 63.3 Å². The molecule has 3 nitrogen and oxygen atoms in total. The molecule has 1 unspecified atom stereocenters. The summed E-state index contributed by atoms with van der Waals surface area (Å²) in [6, 6.07) is 2.33. The highest BCUT2D eigenvalue weighted by Crippen LogP contribution is 2.37. The highest BCUT2D eigenvalue weighted by molar-refractivity contribution is 5.81. The summed E-state index contributed by atoms with van der Waals surface area (Å²) < 4.78 is 51.0. The summed E-state index contributed by atoms with van der Waals surface area (Å²) in [5.41, 5.74) is 0.590. The number of carbonyl (C=O) groups is 1. The molecule has 0 radical (unpaired) electrons. The lowest BCUT2D eigenvalue weighted by atomic mass is 9.89. The van der Waals surface area contributed by atoms with E-state index >= 15 is 0 Å². The fourth-order valence-electron chi connectivity index (χ4n) is 1.37. The zero-order chi connectivity index (χ0) is 13.4. The Kier molecular flexibility index (Phi) is 3.15. The molecule has 0 bridgehead atoms. The van der Waals surface area contributed by atoms with Gasteiger partial charge >= 0.3 is 12.1 Å². The van der Waals surface area contributed by atoms with Crippen molar-refractivity contribution in [3.8, 4) is 0 Å². The average molecular weight is 251 g/mol. The maximum absolute atomic E-state index is 13.0. The third-order valence-corrected chi connectivity index (χ3v) is 2.28. The first-order valence-electron chi connectivity index (χ1n) is 4.45. The Hall–Kier alpha value is -1.63. The van der Waals surface area contributed by atoms with Crippen LogP contribution in [0.2, 0.25) is 0 Å². The summed E-state index contributed by atoms with van der Waals surface area (Å²) in [6.45, 7) is 1.34. The van der Waals surface area contributed by atoms with Gasteiger partial charge in [0.25, 0.3) is 0 Å². The first-order chi connectivity index (χ1) is 7.59. The smallest absolute Gasteiger partial charge is 0.421 e. The van der Waals surface area contributed by atoms with E-state index in [9.17, 15) is 22.4 Å². The van der Waals surface area contributed by atoms with Gasteiger partial charge in [0.15, 0.2) is 0 Å². The van der Waals surface area contributed by atoms with Gasteiger partial charge in [0, 0.05) is 0 Å². The van der Waals surface area contributed by atoms with E-state index in [1.54, 1.807) is 0 Å². The second-order valence-corrected chi connectivity index (χ2v) is 3.63. The maximum Gasteiger partial charge on any atom is 0.421 e. The van der Waals surface area contributed by atoms with Crippen LogP contribution in [0.3, 0.4) is 0 Å². The minimum atomic E-state index is -5.22. The molecular formula is C10H9F4NO2. The van der Waals surface area contributed by atoms with E-state index in [2.05, 4.69) is 0 Å². The molecule has 0 aliphatic heterocycles. The minimum absolute atomic E-state index is 0.153. The van der Waals surface area contributed by atoms with E-state index in [0.29, 0.717) is 6.07 Å². The van der Waals surface area contributed by atoms with Crippen LogP contribution in [0.5, 0.6) is 0 Å². The van der Waals surface area contributed by atoms with Crippen LogP contribution in [0, 0.1) is 12.7 Å². The Morgan fingerprint density at radius 2 is 1.82 bits per heavy atom. The molecule has 0 spiro atoms. The second kappa shape index (κ2) is 3.99. The SMILES string of the molecule is Cc1cc(F)cc(C(N)(C(=O)O)C(F)(F)F)c1. The Bertz CT molecular complexity index is 438. The van der Waals surface area contributed by atoms with Gasteiger partial charge in [-0.2, -0.15) is 13.2 Å². The molecular weight excluding hydrogens is 242 g/mol. The number of rotatable bonds is 2. The lowest BCUT2D eigenvalue weighted by molar-refractivity contribution is -0.204. The molecule has 0 saturated carbocycles. The van der Waals surface area contributed by atoms with E-state index in [-0.39, 0.29) is 5.56 Å². The van der Waals surface area contributed by atoms with E-state index in [1.807, 2.05) is 0 Å². The molecule has 0 saturated heterocycles. The Morgan fingerprint density at radius 3 is 2.18 bits per heavy atom. The summed E-state index contributed by atoms with van der Waals surface area (Å²) in [4.78, 5) is 10.7. The zero-order valence-electron chi connectivity index (χ0n) is 8.68. The van der Waals surface area contributed by atoms with E-state index < -0.39 is 29.1 Å². The molecule has 3 N–H and O–H groups in total. The van der Waals surface area contributed by atoms with Crippen LogP contribution >= 0.6 is 0 Å². The quantitative estimate of drug-likeness (QED) is 0.789. The van der Waals surface area contributed by atoms with Crippen LogP contribution < -0.4 is 5.73 Å². The molecule has 94 valence electrons. The molecule has 7 heteroatoms. The number of aryl methyl sites for hydroxylation is 1. The number of hydrogen-bond acceptors (Lipinski definition) is 2. The largest absolute Gasteiger partial charge is 0.479 e. The van der Waals surface area contributed by atoms with Crippen molar-refractivity contribution in [3.05, 3.63) is 35.1 Å². The normalized spacial score (nSPS) is 15.4. The summed E-state index contributed by atoms with van der Waals surface area (Å²) >= 11 is 0. The highest BCUT2D eigenvalue weighted by Gasteiger charge is 2.59. The van der Waals surface area contributed by atoms with Crippen molar-refractivity contribution >= 4 is 5.97 Å². The van der Waals surface area contributed by atoms with Gasteiger partial charge in [-0.1, -0.05) is 6.07 Å². The summed E-state index contributed by atoms with van der Waals surface area (Å²) in [7, 11) is 0. The molecule has 0 aliphatic rings. The first-order valence-corrected chi connectivity index (χ1v) is 4.45. The van der Waals surface area contributed by atoms with Gasteiger partial charge in [-0.05, 0) is 30.2 Å². The zero-order valence-corrected chi connectivity index (χ0v) is 8.68. The predicted octanol–water partition coefficient (Wildman–Crippen LogP) is 1.94. The fraction of sp³-hybridized carbons (Fsp3) is 0.300. The molecule has 0 aliphatic carbocycles. The van der Waals surface area contributed by atoms with Crippen LogP contribution in [0.4, 0.5) is 17.6 Å². The van der Waals surface area contributed by atoms with Gasteiger partial charge in [-0.25, -0.2) is 9.18 Å². The standard InChI is InChI=1S/C10H9F4NO2/c1-5-2-6(4-7(11)3-5)9(15,8(16)17)10(12,13)14/h2-4H,15H2,1H3,(H,16,17). The van der Waals surface area contributed by atoms with Gasteiger partial charge in [0.1, 0.15) is 5.82 Å². The third kappa shape index (κ3) is 2.23. The summed E-state index contributed by atoms with van der Waals surface area (Å²) in [5.74, 6) is -3.25. The number of nitrogens with two attached hydrogens (primary N) is 1. The molecule has 0 fully saturated rings. The second-order valence-electron chi connectivity index (χ2n) is 3.63. The summed E-state index contributed by atoms with van der Waals surface area (Å²) in [5, 5.41) is 8.64. The highest BCUT2D eigenvalue weighted by atomic mass is 19.4. The maximum atomic E-state index is 13.0. The number of benzene rings is 1. The fourth-order valence-corrected chi connectivity index (χ4v) is 1.37. The number of aliphatic carboxylic acids is 1. The number of hydrogen-bond donors (Lipinski definition) is 2. The van der Waals surface area contributed by atoms with Crippen LogP contribution in [-0.4, -0.2) is 17.3 Å². The molecule has 0 heterocycles. The van der Waals surface area contributed by atoms with Crippen LogP contribution in [0.25, 0.3) is 0 Å². The van der Waals surface area contributed by atoms with E-state index in [0.717, 1.165) is 12.1 Å². The monoisotopic (exact) mass is 251 g/mol. The number of alkyl halides is 3. The van der Waals surface area contributed by atoms with E-state index in [1.165, 1.54) is 6.92 Å². The Labute approximate surface area is 93.8 Å². The molecule has 17 heavy (non-hydrogen) atoms. The van der Waals surface area contributed by atoms with Crippen LogP contribution in [0.15, 0.2) is 18.2 Å². The molecule has 1 aromatic rings. The van der Waals surface area contributed by atoms with Crippen LogP contribution in [0.1, 0.15) is 11.1 Å². The van der Waals surface area contributed by atoms with Gasteiger partial charge in [0.2, 0.25) is 5.54 Å². The van der Waals surface area contributed by atoms with Crippen molar-refractivity contribution in [2.24, 2.45) is 5.73 Å². The molecule has 0 aromatic heterocycles. The van der Waals surface area contributed by atoms with Crippen molar-refractivity contribution in [3.63, 3.8) is 0 Å². The molecule has 1 aromatic carbocycles. The Balaban J connectivity index is 3.49. The first kappa shape index (κ1) is 13.4. The van der Waals surface area contributed by atoms with Crippen LogP contribution in [-0.2, 0) is 10.3 Å². The Morgan fingerprint density at radius 1 is 1.29 bits per heavy atom. The van der Waals surface area contributed by atoms with Crippen molar-refractivity contribution in [2.75, 3.05) is 0 Å². The number of carboxylic acids is 1. The van der Waals surface area contributed by atoms with Gasteiger partial charge in [0.05, 0.1) is 0 Å². The van der Waals surface area contributed by atoms with Gasteiger partial charge < -0.3 is 10.8 Å². The van der Waals surface area contributed by atoms with Crippen molar-refractivity contribution < 1.29 is 27.5 Å². The number of halogens is 4. The average Bonchev–Trinajstić information content (AvgIpc) is 2.12. The predicted molar refractivity (Wildman–Crippen MR) is 50.7 cm³/mol. The van der Waals surface area contributed by atoms with Crippen molar-refractivity contribution in [1.29, 1.82) is 0 Å².